The molecule has 1 atom stereocenters. The quantitative estimate of drug-likeness (QED) is 0.324. The monoisotopic (exact) mass is 290 g/mol. The van der Waals surface area contributed by atoms with Gasteiger partial charge >= 0.3 is 5.97 Å². The first kappa shape index (κ1) is 19.4. The Bertz CT molecular complexity index is 411. The Morgan fingerprint density at radius 2 is 1.90 bits per heavy atom. The second-order valence-electron chi connectivity index (χ2n) is 5.35. The van der Waals surface area contributed by atoms with E-state index >= 15 is 0 Å². The molecule has 0 fully saturated rings. The molecule has 0 aliphatic rings. The number of rotatable bonds is 9. The van der Waals surface area contributed by atoms with Gasteiger partial charge < -0.3 is 4.74 Å². The van der Waals surface area contributed by atoms with Gasteiger partial charge in [-0.1, -0.05) is 54.5 Å². The highest BCUT2D eigenvalue weighted by Gasteiger charge is 2.03. The normalized spacial score (nSPS) is 14.9. The molecule has 0 aromatic rings. The van der Waals surface area contributed by atoms with Crippen LogP contribution in [0.4, 0.5) is 0 Å². The fraction of sp³-hybridized carbons (Fsp3) is 0.526. The fourth-order valence-electron chi connectivity index (χ4n) is 1.84. The van der Waals surface area contributed by atoms with Gasteiger partial charge in [0.2, 0.25) is 0 Å². The summed E-state index contributed by atoms with van der Waals surface area (Å²) in [6, 6.07) is 0. The lowest BCUT2D eigenvalue weighted by molar-refractivity contribution is -0.143. The number of hydrogen-bond acceptors (Lipinski definition) is 2. The molecule has 0 N–H and O–H groups in total. The molecule has 118 valence electrons. The highest BCUT2D eigenvalue weighted by Crippen LogP contribution is 2.12. The van der Waals surface area contributed by atoms with Crippen molar-refractivity contribution in [2.75, 3.05) is 6.61 Å². The van der Waals surface area contributed by atoms with E-state index < -0.39 is 0 Å². The highest BCUT2D eigenvalue weighted by molar-refractivity contribution is 5.69. The largest absolute Gasteiger partial charge is 0.466 e. The Balaban J connectivity index is 4.08. The molecule has 0 aliphatic heterocycles. The molecule has 21 heavy (non-hydrogen) atoms. The summed E-state index contributed by atoms with van der Waals surface area (Å²) in [5.41, 5.74) is 2.52. The van der Waals surface area contributed by atoms with Gasteiger partial charge in [0.1, 0.15) is 0 Å². The van der Waals surface area contributed by atoms with E-state index in [4.69, 9.17) is 4.74 Å². The smallest absolute Gasteiger partial charge is 0.306 e. The Morgan fingerprint density at radius 3 is 2.52 bits per heavy atom. The Morgan fingerprint density at radius 1 is 1.19 bits per heavy atom. The van der Waals surface area contributed by atoms with E-state index in [2.05, 4.69) is 57.2 Å². The molecule has 0 radical (unpaired) electrons. The molecule has 0 saturated carbocycles. The molecule has 1 unspecified atom stereocenters. The van der Waals surface area contributed by atoms with Crippen molar-refractivity contribution in [2.45, 2.75) is 53.9 Å². The fourth-order valence-corrected chi connectivity index (χ4v) is 1.84. The summed E-state index contributed by atoms with van der Waals surface area (Å²) in [4.78, 5) is 11.3. The Kier molecular flexibility index (Phi) is 11.3. The van der Waals surface area contributed by atoms with Gasteiger partial charge in [0.05, 0.1) is 6.61 Å². The van der Waals surface area contributed by atoms with E-state index in [0.29, 0.717) is 18.9 Å². The molecule has 0 aromatic carbocycles. The van der Waals surface area contributed by atoms with Crippen LogP contribution in [0.3, 0.4) is 0 Å². The van der Waals surface area contributed by atoms with Crippen molar-refractivity contribution >= 4 is 5.97 Å². The van der Waals surface area contributed by atoms with Crippen LogP contribution in [0.25, 0.3) is 0 Å². The van der Waals surface area contributed by atoms with Gasteiger partial charge in [0.25, 0.3) is 0 Å². The third-order valence-electron chi connectivity index (χ3n) is 3.17. The summed E-state index contributed by atoms with van der Waals surface area (Å²) in [7, 11) is 0. The Labute approximate surface area is 130 Å². The van der Waals surface area contributed by atoms with Crippen molar-refractivity contribution in [2.24, 2.45) is 5.92 Å². The lowest BCUT2D eigenvalue weighted by atomic mass is 10.0. The molecule has 2 nitrogen and oxygen atoms in total. The molecule has 0 bridgehead atoms. The van der Waals surface area contributed by atoms with Crippen LogP contribution < -0.4 is 0 Å². The number of carbonyl (C=O) groups is 1. The number of ether oxygens (including phenoxy) is 1. The number of allylic oxidation sites excluding steroid dienone is 8. The van der Waals surface area contributed by atoms with E-state index in [1.54, 1.807) is 0 Å². The van der Waals surface area contributed by atoms with Crippen molar-refractivity contribution in [3.63, 3.8) is 0 Å². The van der Waals surface area contributed by atoms with Crippen LogP contribution in [0, 0.1) is 5.92 Å². The molecule has 0 aliphatic carbocycles. The summed E-state index contributed by atoms with van der Waals surface area (Å²) < 4.78 is 4.93. The lowest BCUT2D eigenvalue weighted by Crippen LogP contribution is -2.03. The average molecular weight is 290 g/mol. The predicted octanol–water partition coefficient (Wildman–Crippen LogP) is 5.38. The molecule has 0 amide bonds. The average Bonchev–Trinajstić information content (AvgIpc) is 2.44. The van der Waals surface area contributed by atoms with E-state index in [9.17, 15) is 4.79 Å². The van der Waals surface area contributed by atoms with Gasteiger partial charge in [-0.15, -0.1) is 0 Å². The standard InChI is InChI=1S/C19H30O2/c1-6-16(3)11-9-8-10-12-17(4)15-18(5)13-14-19(20)21-7-2/h6,8-11,15,17H,7,12-14H2,1-5H3/b10-8+,11-9+,16-6+,18-15+. The van der Waals surface area contributed by atoms with Crippen molar-refractivity contribution in [1.29, 1.82) is 0 Å². The minimum atomic E-state index is -0.109. The van der Waals surface area contributed by atoms with Crippen LogP contribution >= 0.6 is 0 Å². The highest BCUT2D eigenvalue weighted by atomic mass is 16.5. The first-order chi connectivity index (χ1) is 9.99. The summed E-state index contributed by atoms with van der Waals surface area (Å²) in [6.45, 7) is 10.7. The Hall–Kier alpha value is -1.57. The van der Waals surface area contributed by atoms with Crippen LogP contribution in [-0.4, -0.2) is 12.6 Å². The second kappa shape index (κ2) is 12.2. The van der Waals surface area contributed by atoms with Crippen molar-refractivity contribution in [3.05, 3.63) is 47.6 Å². The minimum absolute atomic E-state index is 0.109. The lowest BCUT2D eigenvalue weighted by Gasteiger charge is -2.06. The third kappa shape index (κ3) is 11.9. The van der Waals surface area contributed by atoms with Crippen molar-refractivity contribution < 1.29 is 9.53 Å². The number of esters is 1. The van der Waals surface area contributed by atoms with Gasteiger partial charge in [0, 0.05) is 6.42 Å². The summed E-state index contributed by atoms with van der Waals surface area (Å²) >= 11 is 0. The first-order valence-corrected chi connectivity index (χ1v) is 7.78. The van der Waals surface area contributed by atoms with Crippen LogP contribution in [-0.2, 0) is 9.53 Å². The van der Waals surface area contributed by atoms with Gasteiger partial charge in [-0.2, -0.15) is 0 Å². The topological polar surface area (TPSA) is 26.3 Å². The van der Waals surface area contributed by atoms with Crippen LogP contribution in [0.5, 0.6) is 0 Å². The minimum Gasteiger partial charge on any atom is -0.466 e. The molecule has 0 aromatic heterocycles. The zero-order valence-corrected chi connectivity index (χ0v) is 14.2. The van der Waals surface area contributed by atoms with Gasteiger partial charge in [-0.3, -0.25) is 4.79 Å². The third-order valence-corrected chi connectivity index (χ3v) is 3.17. The molecular formula is C19H30O2. The maximum absolute atomic E-state index is 11.3. The van der Waals surface area contributed by atoms with Gasteiger partial charge in [-0.25, -0.2) is 0 Å². The SMILES string of the molecule is C/C=C(C)/C=C/C=C/CC(C)/C=C(\C)CCC(=O)OCC. The maximum atomic E-state index is 11.3. The number of carbonyl (C=O) groups excluding carboxylic acids is 1. The summed E-state index contributed by atoms with van der Waals surface area (Å²) in [6.07, 6.45) is 15.0. The number of hydrogen-bond donors (Lipinski definition) is 0. The van der Waals surface area contributed by atoms with E-state index in [-0.39, 0.29) is 5.97 Å². The summed E-state index contributed by atoms with van der Waals surface area (Å²) in [5, 5.41) is 0. The van der Waals surface area contributed by atoms with E-state index in [1.807, 2.05) is 13.8 Å². The molecule has 0 spiro atoms. The van der Waals surface area contributed by atoms with Gasteiger partial charge in [-0.05, 0) is 46.5 Å². The maximum Gasteiger partial charge on any atom is 0.306 e. The van der Waals surface area contributed by atoms with Crippen molar-refractivity contribution in [1.82, 2.24) is 0 Å². The zero-order chi connectivity index (χ0) is 16.1. The van der Waals surface area contributed by atoms with Crippen molar-refractivity contribution in [3.8, 4) is 0 Å². The molecule has 2 heteroatoms. The predicted molar refractivity (Wildman–Crippen MR) is 91.1 cm³/mol. The van der Waals surface area contributed by atoms with E-state index in [0.717, 1.165) is 12.8 Å². The van der Waals surface area contributed by atoms with Crippen LogP contribution in [0.15, 0.2) is 47.6 Å². The van der Waals surface area contributed by atoms with E-state index in [1.165, 1.54) is 11.1 Å². The van der Waals surface area contributed by atoms with Crippen LogP contribution in [0.2, 0.25) is 0 Å². The molecule has 0 saturated heterocycles. The zero-order valence-electron chi connectivity index (χ0n) is 14.2. The summed E-state index contributed by atoms with van der Waals surface area (Å²) in [5.74, 6) is 0.377. The molecular weight excluding hydrogens is 260 g/mol. The first-order valence-electron chi connectivity index (χ1n) is 7.78. The molecule has 0 heterocycles. The van der Waals surface area contributed by atoms with Gasteiger partial charge in [0.15, 0.2) is 0 Å². The van der Waals surface area contributed by atoms with Crippen LogP contribution in [0.1, 0.15) is 53.9 Å². The molecule has 0 rings (SSSR count). The second-order valence-corrected chi connectivity index (χ2v) is 5.35.